The molecule has 1 spiro atoms. The third-order valence-corrected chi connectivity index (χ3v) is 9.38. The van der Waals surface area contributed by atoms with E-state index < -0.39 is 71.5 Å². The SMILES string of the molecule is C=C/C(C)=C/C[C@]1(C)[C@H](C)[C@@H](O)[C@@H](OC(=O)/C=C/C=C/CCCCC)[C@@]23C(=C[C@H](O)C[C@@H]12)[C@@H](OC(C)=O)O[C@H]3OC(C)=O. The van der Waals surface area contributed by atoms with Crippen LogP contribution in [-0.2, 0) is 33.3 Å². The maximum Gasteiger partial charge on any atom is 0.331 e. The van der Waals surface area contributed by atoms with Gasteiger partial charge in [-0.1, -0.05) is 76.1 Å². The first-order valence-corrected chi connectivity index (χ1v) is 15.2. The molecule has 2 fully saturated rings. The first-order valence-electron chi connectivity index (χ1n) is 15.2. The van der Waals surface area contributed by atoms with E-state index in [2.05, 4.69) is 13.5 Å². The number of ether oxygens (including phenoxy) is 4. The molecule has 2 N–H and O–H groups in total. The topological polar surface area (TPSA) is 129 Å². The van der Waals surface area contributed by atoms with Crippen LogP contribution in [0.4, 0.5) is 0 Å². The van der Waals surface area contributed by atoms with Gasteiger partial charge in [-0.25, -0.2) is 4.79 Å². The van der Waals surface area contributed by atoms with Crippen LogP contribution < -0.4 is 0 Å². The van der Waals surface area contributed by atoms with Crippen LogP contribution in [-0.4, -0.2) is 59.0 Å². The average molecular weight is 601 g/mol. The van der Waals surface area contributed by atoms with E-state index in [1.165, 1.54) is 26.0 Å². The van der Waals surface area contributed by atoms with Gasteiger partial charge < -0.3 is 24.4 Å². The highest BCUT2D eigenvalue weighted by molar-refractivity contribution is 5.82. The highest BCUT2D eigenvalue weighted by atomic mass is 16.8. The van der Waals surface area contributed by atoms with Gasteiger partial charge in [-0.2, -0.15) is 0 Å². The molecule has 9 atom stereocenters. The molecule has 3 rings (SSSR count). The van der Waals surface area contributed by atoms with Crippen molar-refractivity contribution in [2.45, 2.75) is 111 Å². The van der Waals surface area contributed by atoms with Crippen molar-refractivity contribution in [1.82, 2.24) is 0 Å². The predicted molar refractivity (Wildman–Crippen MR) is 161 cm³/mol. The molecule has 2 aliphatic carbocycles. The summed E-state index contributed by atoms with van der Waals surface area (Å²) in [6.07, 6.45) is 10.6. The third kappa shape index (κ3) is 7.21. The molecule has 0 bridgehead atoms. The molecule has 0 aromatic rings. The van der Waals surface area contributed by atoms with Crippen molar-refractivity contribution in [1.29, 1.82) is 0 Å². The summed E-state index contributed by atoms with van der Waals surface area (Å²) >= 11 is 0. The summed E-state index contributed by atoms with van der Waals surface area (Å²) in [6, 6.07) is 0. The van der Waals surface area contributed by atoms with E-state index in [1.807, 2.05) is 32.9 Å². The number of carbonyl (C=O) groups is 3. The van der Waals surface area contributed by atoms with Crippen LogP contribution in [0.1, 0.15) is 80.1 Å². The minimum atomic E-state index is -1.46. The van der Waals surface area contributed by atoms with E-state index >= 15 is 0 Å². The molecular weight excluding hydrogens is 552 g/mol. The number of carbonyl (C=O) groups excluding carboxylic acids is 3. The molecule has 1 aliphatic heterocycles. The second kappa shape index (κ2) is 14.6. The lowest BCUT2D eigenvalue weighted by molar-refractivity contribution is -0.275. The Morgan fingerprint density at radius 1 is 1.09 bits per heavy atom. The van der Waals surface area contributed by atoms with Crippen LogP contribution in [0.25, 0.3) is 0 Å². The molecule has 0 unspecified atom stereocenters. The van der Waals surface area contributed by atoms with Gasteiger partial charge in [0.2, 0.25) is 12.6 Å². The molecule has 1 saturated heterocycles. The highest BCUT2D eigenvalue weighted by Gasteiger charge is 2.74. The second-order valence-electron chi connectivity index (χ2n) is 12.2. The monoisotopic (exact) mass is 600 g/mol. The molecule has 1 heterocycles. The molecule has 9 heteroatoms. The Hall–Kier alpha value is -3.01. The van der Waals surface area contributed by atoms with Crippen LogP contribution >= 0.6 is 0 Å². The zero-order chi connectivity index (χ0) is 31.9. The van der Waals surface area contributed by atoms with E-state index in [0.717, 1.165) is 31.3 Å². The van der Waals surface area contributed by atoms with Crippen molar-refractivity contribution in [3.8, 4) is 0 Å². The fraction of sp³-hybridized carbons (Fsp3) is 0.618. The Morgan fingerprint density at radius 2 is 1.79 bits per heavy atom. The standard InChI is InChI=1S/C34H48O9/c1-8-10-11-12-13-14-15-16-28(38)42-30-29(39)22(4)33(7,18-17-21(3)9-2)27-20-25(37)19-26-31(40-23(5)35)43-32(34(26,27)30)41-24(6)36/h9,13-17,19,22,25,27,29-32,37,39H,2,8,10-12,18,20H2,1,3-7H3/b14-13+,16-15+,21-17+/t22-,25+,27+,29-,30-,31+,32-,33-,34-/m1/s1. The van der Waals surface area contributed by atoms with Gasteiger partial charge in [-0.15, -0.1) is 0 Å². The van der Waals surface area contributed by atoms with Crippen molar-refractivity contribution in [2.24, 2.45) is 22.7 Å². The normalized spacial score (nSPS) is 35.7. The lowest BCUT2D eigenvalue weighted by Gasteiger charge is -2.62. The maximum absolute atomic E-state index is 13.2. The number of unbranched alkanes of at least 4 members (excludes halogenated alkanes) is 3. The minimum Gasteiger partial charge on any atom is -0.455 e. The molecular formula is C34H48O9. The molecule has 0 aromatic carbocycles. The van der Waals surface area contributed by atoms with Crippen molar-refractivity contribution < 1.29 is 43.5 Å². The van der Waals surface area contributed by atoms with E-state index in [-0.39, 0.29) is 6.42 Å². The summed E-state index contributed by atoms with van der Waals surface area (Å²) < 4.78 is 23.4. The minimum absolute atomic E-state index is 0.205. The van der Waals surface area contributed by atoms with Crippen LogP contribution in [0.5, 0.6) is 0 Å². The van der Waals surface area contributed by atoms with Crippen LogP contribution in [0, 0.1) is 22.7 Å². The van der Waals surface area contributed by atoms with Gasteiger partial charge in [0.1, 0.15) is 11.5 Å². The van der Waals surface area contributed by atoms with Crippen molar-refractivity contribution in [2.75, 3.05) is 0 Å². The lowest BCUT2D eigenvalue weighted by Crippen LogP contribution is -2.68. The third-order valence-electron chi connectivity index (χ3n) is 9.38. The highest BCUT2D eigenvalue weighted by Crippen LogP contribution is 2.67. The number of aliphatic hydroxyl groups excluding tert-OH is 2. The van der Waals surface area contributed by atoms with Gasteiger partial charge in [0.05, 0.1) is 12.2 Å². The van der Waals surface area contributed by atoms with Gasteiger partial charge in [-0.3, -0.25) is 14.3 Å². The molecule has 0 aromatic heterocycles. The number of hydrogen-bond acceptors (Lipinski definition) is 9. The van der Waals surface area contributed by atoms with E-state index in [9.17, 15) is 24.6 Å². The fourth-order valence-corrected chi connectivity index (χ4v) is 6.97. The van der Waals surface area contributed by atoms with Gasteiger partial charge >= 0.3 is 17.9 Å². The molecule has 43 heavy (non-hydrogen) atoms. The smallest absolute Gasteiger partial charge is 0.331 e. The Morgan fingerprint density at radius 3 is 2.42 bits per heavy atom. The average Bonchev–Trinajstić information content (AvgIpc) is 3.23. The number of aliphatic hydroxyl groups is 2. The van der Waals surface area contributed by atoms with Gasteiger partial charge in [0.15, 0.2) is 0 Å². The zero-order valence-electron chi connectivity index (χ0n) is 26.3. The van der Waals surface area contributed by atoms with Crippen LogP contribution in [0.2, 0.25) is 0 Å². The Balaban J connectivity index is 2.15. The van der Waals surface area contributed by atoms with Crippen molar-refractivity contribution in [3.63, 3.8) is 0 Å². The summed E-state index contributed by atoms with van der Waals surface area (Å²) in [7, 11) is 0. The summed E-state index contributed by atoms with van der Waals surface area (Å²) in [5, 5.41) is 23.1. The summed E-state index contributed by atoms with van der Waals surface area (Å²) in [4.78, 5) is 37.8. The summed E-state index contributed by atoms with van der Waals surface area (Å²) in [5.74, 6) is -2.98. The van der Waals surface area contributed by atoms with Gasteiger partial charge in [0, 0.05) is 25.5 Å². The molecule has 0 radical (unpaired) electrons. The fourth-order valence-electron chi connectivity index (χ4n) is 6.97. The maximum atomic E-state index is 13.2. The predicted octanol–water partition coefficient (Wildman–Crippen LogP) is 5.23. The van der Waals surface area contributed by atoms with E-state index in [4.69, 9.17) is 18.9 Å². The molecule has 0 amide bonds. The van der Waals surface area contributed by atoms with Crippen LogP contribution in [0.3, 0.4) is 0 Å². The lowest BCUT2D eigenvalue weighted by atomic mass is 9.44. The summed E-state index contributed by atoms with van der Waals surface area (Å²) in [5.41, 5.74) is -0.933. The Labute approximate surface area is 255 Å². The van der Waals surface area contributed by atoms with E-state index in [1.54, 1.807) is 18.2 Å². The number of hydrogen-bond donors (Lipinski definition) is 2. The first-order chi connectivity index (χ1) is 20.3. The quantitative estimate of drug-likeness (QED) is 0.0772. The van der Waals surface area contributed by atoms with Gasteiger partial charge in [0.25, 0.3) is 0 Å². The largest absolute Gasteiger partial charge is 0.455 e. The molecule has 9 nitrogen and oxygen atoms in total. The molecule has 3 aliphatic rings. The molecule has 238 valence electrons. The first kappa shape index (κ1) is 34.5. The van der Waals surface area contributed by atoms with E-state index in [0.29, 0.717) is 12.0 Å². The van der Waals surface area contributed by atoms with Crippen LogP contribution in [0.15, 0.2) is 60.3 Å². The number of allylic oxidation sites excluding steroid dienone is 6. The number of rotatable bonds is 12. The van der Waals surface area contributed by atoms with Gasteiger partial charge in [-0.05, 0) is 55.9 Å². The van der Waals surface area contributed by atoms with Crippen molar-refractivity contribution in [3.05, 3.63) is 60.3 Å². The Bertz CT molecular complexity index is 1170. The number of esters is 3. The van der Waals surface area contributed by atoms with Crippen molar-refractivity contribution >= 4 is 17.9 Å². The summed E-state index contributed by atoms with van der Waals surface area (Å²) in [6.45, 7) is 14.2. The molecule has 1 saturated carbocycles. The Kier molecular flexibility index (Phi) is 11.7. The second-order valence-corrected chi connectivity index (χ2v) is 12.2. The zero-order valence-corrected chi connectivity index (χ0v) is 26.3.